The maximum atomic E-state index is 9.59. The minimum Gasteiger partial charge on any atom is -0.390 e. The van der Waals surface area contributed by atoms with Crippen LogP contribution in [0.15, 0.2) is 0 Å². The summed E-state index contributed by atoms with van der Waals surface area (Å²) < 4.78 is 0. The van der Waals surface area contributed by atoms with Gasteiger partial charge in [0.05, 0.1) is 5.60 Å². The summed E-state index contributed by atoms with van der Waals surface area (Å²) >= 11 is 0. The molecule has 0 aromatic heterocycles. The Morgan fingerprint density at radius 1 is 1.44 bits per heavy atom. The molecule has 0 spiro atoms. The summed E-state index contributed by atoms with van der Waals surface area (Å²) in [4.78, 5) is 0. The smallest absolute Gasteiger partial charge is 0.0642 e. The molecule has 0 bridgehead atoms. The van der Waals surface area contributed by atoms with E-state index in [2.05, 4.69) is 20.8 Å². The highest BCUT2D eigenvalue weighted by atomic mass is 16.3. The number of hydrogen-bond acceptors (Lipinski definition) is 1. The molecule has 1 heteroatoms. The molecule has 56 valence electrons. The molecule has 9 heavy (non-hydrogen) atoms. The van der Waals surface area contributed by atoms with Gasteiger partial charge in [-0.3, -0.25) is 0 Å². The molecule has 0 aliphatic carbocycles. The van der Waals surface area contributed by atoms with Crippen LogP contribution in [-0.4, -0.2) is 10.7 Å². The van der Waals surface area contributed by atoms with Crippen molar-refractivity contribution in [2.75, 3.05) is 0 Å². The summed E-state index contributed by atoms with van der Waals surface area (Å²) in [5.41, 5.74) is -0.450. The third-order valence-electron chi connectivity index (χ3n) is 2.00. The standard InChI is InChI=1S/C8H18O/c1-5-6-8(4,9)7(2)3/h7,9H,5-6H2,1-4H3. The van der Waals surface area contributed by atoms with Gasteiger partial charge in [-0.2, -0.15) is 0 Å². The van der Waals surface area contributed by atoms with Gasteiger partial charge in [-0.05, 0) is 19.3 Å². The first-order chi connectivity index (χ1) is 4.00. The van der Waals surface area contributed by atoms with E-state index in [4.69, 9.17) is 0 Å². The van der Waals surface area contributed by atoms with Gasteiger partial charge in [0.2, 0.25) is 0 Å². The van der Waals surface area contributed by atoms with Gasteiger partial charge in [-0.1, -0.05) is 27.2 Å². The van der Waals surface area contributed by atoms with E-state index in [0.29, 0.717) is 5.92 Å². The Bertz CT molecular complexity index is 74.6. The SMILES string of the molecule is CCCC(C)(O)C(C)C. The Balaban J connectivity index is 3.70. The second-order valence-corrected chi connectivity index (χ2v) is 3.26. The van der Waals surface area contributed by atoms with E-state index in [1.807, 2.05) is 6.92 Å². The Kier molecular flexibility index (Phi) is 3.20. The molecule has 0 amide bonds. The molecule has 0 rings (SSSR count). The summed E-state index contributed by atoms with van der Waals surface area (Å²) in [5, 5.41) is 9.59. The van der Waals surface area contributed by atoms with Gasteiger partial charge >= 0.3 is 0 Å². The molecular formula is C8H18O. The summed E-state index contributed by atoms with van der Waals surface area (Å²) in [7, 11) is 0. The van der Waals surface area contributed by atoms with Crippen LogP contribution in [0, 0.1) is 5.92 Å². The van der Waals surface area contributed by atoms with Crippen molar-refractivity contribution in [3.63, 3.8) is 0 Å². The minimum atomic E-state index is -0.450. The monoisotopic (exact) mass is 130 g/mol. The van der Waals surface area contributed by atoms with Crippen LogP contribution in [0.3, 0.4) is 0 Å². The highest BCUT2D eigenvalue weighted by Gasteiger charge is 2.22. The summed E-state index contributed by atoms with van der Waals surface area (Å²) in [6, 6.07) is 0. The molecule has 0 heterocycles. The van der Waals surface area contributed by atoms with Gasteiger partial charge < -0.3 is 5.11 Å². The van der Waals surface area contributed by atoms with E-state index in [1.165, 1.54) is 0 Å². The van der Waals surface area contributed by atoms with E-state index < -0.39 is 5.60 Å². The van der Waals surface area contributed by atoms with Crippen molar-refractivity contribution in [2.24, 2.45) is 5.92 Å². The number of aliphatic hydroxyl groups is 1. The fraction of sp³-hybridized carbons (Fsp3) is 1.00. The molecule has 0 aliphatic rings. The lowest BCUT2D eigenvalue weighted by atomic mass is 9.88. The van der Waals surface area contributed by atoms with Gasteiger partial charge in [0.25, 0.3) is 0 Å². The predicted octanol–water partition coefficient (Wildman–Crippen LogP) is 2.19. The van der Waals surface area contributed by atoms with Crippen LogP contribution in [0.2, 0.25) is 0 Å². The predicted molar refractivity (Wildman–Crippen MR) is 40.4 cm³/mol. The van der Waals surface area contributed by atoms with E-state index in [9.17, 15) is 5.11 Å². The second kappa shape index (κ2) is 3.21. The topological polar surface area (TPSA) is 20.2 Å². The molecule has 0 saturated heterocycles. The van der Waals surface area contributed by atoms with Crippen molar-refractivity contribution in [2.45, 2.75) is 46.1 Å². The van der Waals surface area contributed by atoms with Crippen molar-refractivity contribution in [3.8, 4) is 0 Å². The van der Waals surface area contributed by atoms with Crippen molar-refractivity contribution < 1.29 is 5.11 Å². The molecule has 0 aromatic carbocycles. The third-order valence-corrected chi connectivity index (χ3v) is 2.00. The highest BCUT2D eigenvalue weighted by Crippen LogP contribution is 2.21. The lowest BCUT2D eigenvalue weighted by Crippen LogP contribution is -2.30. The Hall–Kier alpha value is -0.0400. The number of rotatable bonds is 3. The summed E-state index contributed by atoms with van der Waals surface area (Å²) in [5.74, 6) is 0.373. The largest absolute Gasteiger partial charge is 0.390 e. The Morgan fingerprint density at radius 3 is 2.00 bits per heavy atom. The fourth-order valence-electron chi connectivity index (χ4n) is 0.795. The third kappa shape index (κ3) is 2.85. The van der Waals surface area contributed by atoms with Gasteiger partial charge in [0.15, 0.2) is 0 Å². The van der Waals surface area contributed by atoms with Gasteiger partial charge in [0, 0.05) is 0 Å². The van der Waals surface area contributed by atoms with Crippen LogP contribution in [0.25, 0.3) is 0 Å². The van der Waals surface area contributed by atoms with Crippen molar-refractivity contribution in [3.05, 3.63) is 0 Å². The normalized spacial score (nSPS) is 18.0. The van der Waals surface area contributed by atoms with Crippen LogP contribution in [0.5, 0.6) is 0 Å². The summed E-state index contributed by atoms with van der Waals surface area (Å²) in [6.45, 7) is 8.10. The van der Waals surface area contributed by atoms with E-state index in [-0.39, 0.29) is 0 Å². The maximum absolute atomic E-state index is 9.59. The Morgan fingerprint density at radius 2 is 1.89 bits per heavy atom. The average Bonchev–Trinajstić information content (AvgIpc) is 1.65. The first kappa shape index (κ1) is 8.96. The zero-order chi connectivity index (χ0) is 7.49. The quantitative estimate of drug-likeness (QED) is 0.621. The van der Waals surface area contributed by atoms with Crippen LogP contribution >= 0.6 is 0 Å². The lowest BCUT2D eigenvalue weighted by Gasteiger charge is -2.26. The van der Waals surface area contributed by atoms with E-state index in [0.717, 1.165) is 12.8 Å². The molecule has 0 radical (unpaired) electrons. The second-order valence-electron chi connectivity index (χ2n) is 3.26. The molecule has 1 nitrogen and oxygen atoms in total. The Labute approximate surface area is 58.1 Å². The first-order valence-electron chi connectivity index (χ1n) is 3.73. The van der Waals surface area contributed by atoms with Gasteiger partial charge in [-0.15, -0.1) is 0 Å². The average molecular weight is 130 g/mol. The molecule has 0 saturated carbocycles. The van der Waals surface area contributed by atoms with Crippen LogP contribution in [0.4, 0.5) is 0 Å². The fourth-order valence-corrected chi connectivity index (χ4v) is 0.795. The molecule has 1 unspecified atom stereocenters. The number of hydrogen-bond donors (Lipinski definition) is 1. The molecular weight excluding hydrogens is 112 g/mol. The van der Waals surface area contributed by atoms with Crippen LogP contribution in [-0.2, 0) is 0 Å². The summed E-state index contributed by atoms with van der Waals surface area (Å²) in [6.07, 6.45) is 1.97. The van der Waals surface area contributed by atoms with Gasteiger partial charge in [0.1, 0.15) is 0 Å². The highest BCUT2D eigenvalue weighted by molar-refractivity contribution is 4.74. The zero-order valence-corrected chi connectivity index (χ0v) is 6.94. The van der Waals surface area contributed by atoms with Crippen LogP contribution in [0.1, 0.15) is 40.5 Å². The molecule has 1 N–H and O–H groups in total. The molecule has 0 aromatic rings. The minimum absolute atomic E-state index is 0.373. The van der Waals surface area contributed by atoms with Crippen molar-refractivity contribution >= 4 is 0 Å². The lowest BCUT2D eigenvalue weighted by molar-refractivity contribution is 0.00478. The molecule has 1 atom stereocenters. The zero-order valence-electron chi connectivity index (χ0n) is 6.94. The van der Waals surface area contributed by atoms with E-state index in [1.54, 1.807) is 0 Å². The van der Waals surface area contributed by atoms with Gasteiger partial charge in [-0.25, -0.2) is 0 Å². The van der Waals surface area contributed by atoms with Crippen molar-refractivity contribution in [1.29, 1.82) is 0 Å². The maximum Gasteiger partial charge on any atom is 0.0642 e. The molecule has 0 fully saturated rings. The van der Waals surface area contributed by atoms with E-state index >= 15 is 0 Å². The van der Waals surface area contributed by atoms with Crippen molar-refractivity contribution in [1.82, 2.24) is 0 Å². The van der Waals surface area contributed by atoms with Crippen LogP contribution < -0.4 is 0 Å². The molecule has 0 aliphatic heterocycles. The first-order valence-corrected chi connectivity index (χ1v) is 3.73.